The smallest absolute Gasteiger partial charge is 0.159 e. The lowest BCUT2D eigenvalue weighted by Crippen LogP contribution is -2.20. The fourth-order valence-corrected chi connectivity index (χ4v) is 1.20. The maximum absolute atomic E-state index is 12.8. The normalized spacial score (nSPS) is 12.5. The molecule has 14 heavy (non-hydrogen) atoms. The molecule has 76 valence electrons. The first-order valence-corrected chi connectivity index (χ1v) is 4.64. The van der Waals surface area contributed by atoms with Gasteiger partial charge in [0.05, 0.1) is 4.99 Å². The second-order valence-electron chi connectivity index (χ2n) is 3.26. The van der Waals surface area contributed by atoms with Gasteiger partial charge in [0.15, 0.2) is 11.6 Å². The molecule has 4 heteroatoms. The van der Waals surface area contributed by atoms with E-state index in [0.717, 1.165) is 6.07 Å². The Kier molecular flexibility index (Phi) is 3.52. The molecule has 1 atom stereocenters. The van der Waals surface area contributed by atoms with Crippen molar-refractivity contribution in [3.63, 3.8) is 0 Å². The summed E-state index contributed by atoms with van der Waals surface area (Å²) < 4.78 is 25.4. The van der Waals surface area contributed by atoms with E-state index in [1.165, 1.54) is 12.1 Å². The zero-order valence-electron chi connectivity index (χ0n) is 7.76. The first-order valence-electron chi connectivity index (χ1n) is 4.24. The van der Waals surface area contributed by atoms with Gasteiger partial charge in [0, 0.05) is 5.92 Å². The fraction of sp³-hybridized carbons (Fsp3) is 0.300. The van der Waals surface area contributed by atoms with E-state index in [4.69, 9.17) is 18.0 Å². The van der Waals surface area contributed by atoms with Gasteiger partial charge in [0.2, 0.25) is 0 Å². The summed E-state index contributed by atoms with van der Waals surface area (Å²) in [4.78, 5) is 0.384. The van der Waals surface area contributed by atoms with E-state index in [2.05, 4.69) is 0 Å². The Morgan fingerprint density at radius 2 is 2.07 bits per heavy atom. The molecule has 0 amide bonds. The van der Waals surface area contributed by atoms with Gasteiger partial charge < -0.3 is 5.73 Å². The highest BCUT2D eigenvalue weighted by Crippen LogP contribution is 2.13. The van der Waals surface area contributed by atoms with Gasteiger partial charge in [-0.2, -0.15) is 0 Å². The van der Waals surface area contributed by atoms with Gasteiger partial charge in [-0.05, 0) is 24.1 Å². The van der Waals surface area contributed by atoms with Crippen molar-refractivity contribution in [2.75, 3.05) is 0 Å². The van der Waals surface area contributed by atoms with Crippen molar-refractivity contribution in [1.82, 2.24) is 0 Å². The Balaban J connectivity index is 2.78. The molecule has 0 saturated heterocycles. The minimum absolute atomic E-state index is 0.00476. The van der Waals surface area contributed by atoms with Crippen LogP contribution in [0.5, 0.6) is 0 Å². The average molecular weight is 215 g/mol. The maximum atomic E-state index is 12.8. The van der Waals surface area contributed by atoms with Crippen LogP contribution in [0, 0.1) is 17.6 Å². The van der Waals surface area contributed by atoms with E-state index in [-0.39, 0.29) is 5.92 Å². The molecule has 0 spiro atoms. The number of halogens is 2. The lowest BCUT2D eigenvalue weighted by molar-refractivity contribution is 0.506. The molecule has 1 nitrogen and oxygen atoms in total. The Morgan fingerprint density at radius 3 is 2.57 bits per heavy atom. The Bertz CT molecular complexity index is 352. The quantitative estimate of drug-likeness (QED) is 0.784. The Labute approximate surface area is 86.9 Å². The molecule has 0 radical (unpaired) electrons. The third kappa shape index (κ3) is 2.73. The summed E-state index contributed by atoms with van der Waals surface area (Å²) in [7, 11) is 0. The predicted octanol–water partition coefficient (Wildman–Crippen LogP) is 2.43. The summed E-state index contributed by atoms with van der Waals surface area (Å²) in [6, 6.07) is 3.81. The molecule has 0 aliphatic heterocycles. The largest absolute Gasteiger partial charge is 0.393 e. The van der Waals surface area contributed by atoms with Crippen molar-refractivity contribution < 1.29 is 8.78 Å². The molecule has 0 heterocycles. The van der Waals surface area contributed by atoms with Gasteiger partial charge in [0.25, 0.3) is 0 Å². The summed E-state index contributed by atoms with van der Waals surface area (Å²) in [6.45, 7) is 1.85. The van der Waals surface area contributed by atoms with E-state index in [9.17, 15) is 8.78 Å². The van der Waals surface area contributed by atoms with Crippen molar-refractivity contribution in [2.45, 2.75) is 13.3 Å². The zero-order valence-corrected chi connectivity index (χ0v) is 8.57. The van der Waals surface area contributed by atoms with Crippen LogP contribution in [0.4, 0.5) is 8.78 Å². The van der Waals surface area contributed by atoms with Crippen LogP contribution in [0.1, 0.15) is 12.5 Å². The third-order valence-corrected chi connectivity index (χ3v) is 2.41. The van der Waals surface area contributed by atoms with Crippen molar-refractivity contribution in [3.05, 3.63) is 35.4 Å². The summed E-state index contributed by atoms with van der Waals surface area (Å²) >= 11 is 4.79. The van der Waals surface area contributed by atoms with Crippen LogP contribution < -0.4 is 5.73 Å². The molecule has 0 saturated carbocycles. The van der Waals surface area contributed by atoms with Crippen molar-refractivity contribution >= 4 is 17.2 Å². The minimum Gasteiger partial charge on any atom is -0.393 e. The van der Waals surface area contributed by atoms with E-state index < -0.39 is 11.6 Å². The van der Waals surface area contributed by atoms with Gasteiger partial charge in [0.1, 0.15) is 0 Å². The van der Waals surface area contributed by atoms with Gasteiger partial charge in [-0.1, -0.05) is 25.2 Å². The molecule has 0 aromatic heterocycles. The van der Waals surface area contributed by atoms with Crippen LogP contribution in [-0.4, -0.2) is 4.99 Å². The highest BCUT2D eigenvalue weighted by Gasteiger charge is 2.08. The molecule has 0 bridgehead atoms. The van der Waals surface area contributed by atoms with Crippen molar-refractivity contribution in [2.24, 2.45) is 11.7 Å². The lowest BCUT2D eigenvalue weighted by atomic mass is 10.0. The fourth-order valence-electron chi connectivity index (χ4n) is 1.12. The average Bonchev–Trinajstić information content (AvgIpc) is 2.11. The van der Waals surface area contributed by atoms with E-state index in [0.29, 0.717) is 17.0 Å². The monoisotopic (exact) mass is 215 g/mol. The maximum Gasteiger partial charge on any atom is 0.159 e. The molecule has 0 aliphatic carbocycles. The number of hydrogen-bond donors (Lipinski definition) is 1. The van der Waals surface area contributed by atoms with Gasteiger partial charge in [-0.3, -0.25) is 0 Å². The van der Waals surface area contributed by atoms with Crippen LogP contribution in [-0.2, 0) is 6.42 Å². The summed E-state index contributed by atoms with van der Waals surface area (Å²) in [5.74, 6) is -1.68. The summed E-state index contributed by atoms with van der Waals surface area (Å²) in [5.41, 5.74) is 6.11. The van der Waals surface area contributed by atoms with E-state index in [1.54, 1.807) is 0 Å². The van der Waals surface area contributed by atoms with Crippen LogP contribution in [0.3, 0.4) is 0 Å². The van der Waals surface area contributed by atoms with Gasteiger partial charge in [-0.15, -0.1) is 0 Å². The standard InChI is InChI=1S/C10H11F2NS/c1-6(10(13)14)4-7-2-3-8(11)9(12)5-7/h2-3,5-6H,4H2,1H3,(H2,13,14). The molecule has 1 aromatic rings. The molecule has 1 unspecified atom stereocenters. The second-order valence-corrected chi connectivity index (χ2v) is 3.73. The number of rotatable bonds is 3. The van der Waals surface area contributed by atoms with Gasteiger partial charge >= 0.3 is 0 Å². The summed E-state index contributed by atoms with van der Waals surface area (Å²) in [6.07, 6.45) is 0.534. The lowest BCUT2D eigenvalue weighted by Gasteiger charge is -2.09. The molecular formula is C10H11F2NS. The third-order valence-electron chi connectivity index (χ3n) is 2.01. The molecule has 0 fully saturated rings. The molecule has 0 aliphatic rings. The van der Waals surface area contributed by atoms with E-state index >= 15 is 0 Å². The highest BCUT2D eigenvalue weighted by atomic mass is 32.1. The van der Waals surface area contributed by atoms with Crippen molar-refractivity contribution in [3.8, 4) is 0 Å². The molecule has 1 aromatic carbocycles. The SMILES string of the molecule is CC(Cc1ccc(F)c(F)c1)C(N)=S. The topological polar surface area (TPSA) is 26.0 Å². The van der Waals surface area contributed by atoms with E-state index in [1.807, 2.05) is 6.92 Å². The first kappa shape index (κ1) is 11.0. The summed E-state index contributed by atoms with van der Waals surface area (Å²) in [5, 5.41) is 0. The molecule has 1 rings (SSSR count). The van der Waals surface area contributed by atoms with Crippen LogP contribution in [0.2, 0.25) is 0 Å². The predicted molar refractivity (Wildman–Crippen MR) is 56.0 cm³/mol. The number of thiocarbonyl (C=S) groups is 1. The second kappa shape index (κ2) is 4.46. The number of hydrogen-bond acceptors (Lipinski definition) is 1. The number of nitrogens with two attached hydrogens (primary N) is 1. The van der Waals surface area contributed by atoms with Crippen molar-refractivity contribution in [1.29, 1.82) is 0 Å². The Hall–Kier alpha value is -1.03. The number of benzene rings is 1. The van der Waals surface area contributed by atoms with Gasteiger partial charge in [-0.25, -0.2) is 8.78 Å². The van der Waals surface area contributed by atoms with Crippen LogP contribution >= 0.6 is 12.2 Å². The molecule has 2 N–H and O–H groups in total. The van der Waals surface area contributed by atoms with Crippen LogP contribution in [0.15, 0.2) is 18.2 Å². The minimum atomic E-state index is -0.836. The first-order chi connectivity index (χ1) is 6.50. The zero-order chi connectivity index (χ0) is 10.7. The van der Waals surface area contributed by atoms with Crippen LogP contribution in [0.25, 0.3) is 0 Å². The molecular weight excluding hydrogens is 204 g/mol. The Morgan fingerprint density at radius 1 is 1.43 bits per heavy atom. The highest BCUT2D eigenvalue weighted by molar-refractivity contribution is 7.80.